The summed E-state index contributed by atoms with van der Waals surface area (Å²) in [7, 11) is 0. The van der Waals surface area contributed by atoms with Gasteiger partial charge in [-0.05, 0) is 24.6 Å². The first-order valence-corrected chi connectivity index (χ1v) is 9.31. The molecule has 1 heterocycles. The number of Topliss-reactive ketones (excluding diaryl/α,β-unsaturated/α-hetero) is 1. The maximum absolute atomic E-state index is 12.6. The molecule has 1 unspecified atom stereocenters. The number of hydrogen-bond donors (Lipinski definition) is 3. The minimum absolute atomic E-state index is 0.00602. The summed E-state index contributed by atoms with van der Waals surface area (Å²) in [4.78, 5) is 46.9. The molecule has 31 heavy (non-hydrogen) atoms. The van der Waals surface area contributed by atoms with Crippen LogP contribution in [0, 0.1) is 6.92 Å². The lowest BCUT2D eigenvalue weighted by Crippen LogP contribution is -2.30. The van der Waals surface area contributed by atoms with E-state index in [0.717, 1.165) is 5.56 Å². The lowest BCUT2D eigenvalue weighted by molar-refractivity contribution is -0.151. The molecule has 1 atom stereocenters. The number of nitrogens with zero attached hydrogens (tertiary/aromatic N) is 1. The molecule has 9 heteroatoms. The van der Waals surface area contributed by atoms with Gasteiger partial charge in [0.15, 0.2) is 0 Å². The second-order valence-corrected chi connectivity index (χ2v) is 6.92. The highest BCUT2D eigenvalue weighted by molar-refractivity contribution is 6.45. The van der Waals surface area contributed by atoms with Crippen molar-refractivity contribution in [3.63, 3.8) is 0 Å². The monoisotopic (exact) mass is 424 g/mol. The van der Waals surface area contributed by atoms with Crippen LogP contribution in [0.15, 0.2) is 48.5 Å². The van der Waals surface area contributed by atoms with Crippen molar-refractivity contribution < 1.29 is 34.1 Å². The maximum Gasteiger partial charge on any atom is 0.345 e. The van der Waals surface area contributed by atoms with Crippen LogP contribution in [0.1, 0.15) is 28.0 Å². The number of rotatable bonds is 9. The fraction of sp³-hybridized carbons (Fsp3) is 0.182. The normalized spacial score (nSPS) is 11.8. The van der Waals surface area contributed by atoms with E-state index in [0.29, 0.717) is 17.8 Å². The van der Waals surface area contributed by atoms with Crippen molar-refractivity contribution in [2.24, 2.45) is 5.73 Å². The quantitative estimate of drug-likeness (QED) is 0.351. The standard InChI is InChI=1S/C22H20N2O7/c1-12-18(20(27)21(23)28)19-14(24(12)11-13-6-3-2-4-7-13)8-5-9-15(19)31-16(22(29)30)10-17(25)26/h2-9,16H,10-11H2,1H3,(H2,23,28)(H,25,26)(H,29,30). The zero-order chi connectivity index (χ0) is 22.7. The SMILES string of the molecule is Cc1c(C(=O)C(N)=O)c2c(OC(CC(=O)O)C(=O)O)cccc2n1Cc1ccccc1. The van der Waals surface area contributed by atoms with Crippen LogP contribution in [-0.2, 0) is 20.9 Å². The van der Waals surface area contributed by atoms with E-state index in [9.17, 15) is 24.3 Å². The van der Waals surface area contributed by atoms with Gasteiger partial charge in [0.2, 0.25) is 6.10 Å². The summed E-state index contributed by atoms with van der Waals surface area (Å²) in [6.07, 6.45) is -2.47. The van der Waals surface area contributed by atoms with Gasteiger partial charge in [-0.15, -0.1) is 0 Å². The molecule has 2 aromatic carbocycles. The molecule has 0 aliphatic carbocycles. The van der Waals surface area contributed by atoms with Crippen molar-refractivity contribution >= 4 is 34.5 Å². The van der Waals surface area contributed by atoms with Crippen molar-refractivity contribution in [3.05, 3.63) is 65.4 Å². The number of amides is 1. The minimum atomic E-state index is -1.68. The number of aromatic nitrogens is 1. The number of carboxylic acids is 2. The third-order valence-electron chi connectivity index (χ3n) is 4.85. The molecule has 0 saturated heterocycles. The Balaban J connectivity index is 2.22. The van der Waals surface area contributed by atoms with Crippen LogP contribution in [0.5, 0.6) is 5.75 Å². The van der Waals surface area contributed by atoms with E-state index in [4.69, 9.17) is 15.6 Å². The minimum Gasteiger partial charge on any atom is -0.481 e. The summed E-state index contributed by atoms with van der Waals surface area (Å²) in [5.41, 5.74) is 7.14. The number of ketones is 1. The first-order chi connectivity index (χ1) is 14.7. The van der Waals surface area contributed by atoms with Gasteiger partial charge in [0.25, 0.3) is 11.7 Å². The Morgan fingerprint density at radius 1 is 1.03 bits per heavy atom. The number of ether oxygens (including phenoxy) is 1. The summed E-state index contributed by atoms with van der Waals surface area (Å²) < 4.78 is 7.28. The molecule has 0 spiro atoms. The number of fused-ring (bicyclic) bond motifs is 1. The van der Waals surface area contributed by atoms with Gasteiger partial charge in [-0.3, -0.25) is 14.4 Å². The van der Waals surface area contributed by atoms with Crippen molar-refractivity contribution in [3.8, 4) is 5.75 Å². The lowest BCUT2D eigenvalue weighted by atomic mass is 10.1. The molecule has 0 aliphatic heterocycles. The first kappa shape index (κ1) is 21.6. The molecule has 4 N–H and O–H groups in total. The fourth-order valence-electron chi connectivity index (χ4n) is 3.45. The molecule has 1 aromatic heterocycles. The van der Waals surface area contributed by atoms with Crippen molar-refractivity contribution in [1.29, 1.82) is 0 Å². The van der Waals surface area contributed by atoms with E-state index >= 15 is 0 Å². The molecule has 0 saturated carbocycles. The average molecular weight is 424 g/mol. The zero-order valence-electron chi connectivity index (χ0n) is 16.6. The van der Waals surface area contributed by atoms with E-state index in [1.807, 2.05) is 30.3 Å². The number of carbonyl (C=O) groups excluding carboxylic acids is 2. The van der Waals surface area contributed by atoms with E-state index in [2.05, 4.69) is 0 Å². The van der Waals surface area contributed by atoms with E-state index in [-0.39, 0.29) is 16.7 Å². The third kappa shape index (κ3) is 4.40. The smallest absolute Gasteiger partial charge is 0.345 e. The van der Waals surface area contributed by atoms with Gasteiger partial charge in [0, 0.05) is 12.2 Å². The second kappa shape index (κ2) is 8.70. The topological polar surface area (TPSA) is 149 Å². The molecule has 0 aliphatic rings. The Morgan fingerprint density at radius 3 is 2.29 bits per heavy atom. The number of aliphatic carboxylic acids is 2. The maximum atomic E-state index is 12.6. The highest BCUT2D eigenvalue weighted by Crippen LogP contribution is 2.35. The fourth-order valence-corrected chi connectivity index (χ4v) is 3.45. The molecule has 0 fully saturated rings. The van der Waals surface area contributed by atoms with Crippen LogP contribution in [-0.4, -0.2) is 44.5 Å². The lowest BCUT2D eigenvalue weighted by Gasteiger charge is -2.15. The molecular weight excluding hydrogens is 404 g/mol. The molecule has 0 radical (unpaired) electrons. The van der Waals surface area contributed by atoms with Gasteiger partial charge in [0.1, 0.15) is 5.75 Å². The number of benzene rings is 2. The van der Waals surface area contributed by atoms with Crippen molar-refractivity contribution in [2.45, 2.75) is 26.0 Å². The van der Waals surface area contributed by atoms with Crippen molar-refractivity contribution in [2.75, 3.05) is 0 Å². The molecule has 9 nitrogen and oxygen atoms in total. The number of carbonyl (C=O) groups is 4. The van der Waals surface area contributed by atoms with Crippen LogP contribution < -0.4 is 10.5 Å². The first-order valence-electron chi connectivity index (χ1n) is 9.31. The van der Waals surface area contributed by atoms with Crippen LogP contribution >= 0.6 is 0 Å². The summed E-state index contributed by atoms with van der Waals surface area (Å²) in [5, 5.41) is 18.5. The number of primary amides is 1. The molecule has 0 bridgehead atoms. The van der Waals surface area contributed by atoms with Gasteiger partial charge in [-0.25, -0.2) is 4.79 Å². The second-order valence-electron chi connectivity index (χ2n) is 6.92. The zero-order valence-corrected chi connectivity index (χ0v) is 16.6. The average Bonchev–Trinajstić information content (AvgIpc) is 2.99. The largest absolute Gasteiger partial charge is 0.481 e. The molecule has 3 rings (SSSR count). The number of nitrogens with two attached hydrogens (primary N) is 1. The van der Waals surface area contributed by atoms with Gasteiger partial charge in [-0.1, -0.05) is 36.4 Å². The molecular formula is C22H20N2O7. The van der Waals surface area contributed by atoms with E-state index in [1.54, 1.807) is 23.6 Å². The summed E-state index contributed by atoms with van der Waals surface area (Å²) in [5.74, 6) is -4.97. The van der Waals surface area contributed by atoms with Crippen LogP contribution in [0.4, 0.5) is 0 Å². The Hall–Kier alpha value is -4.14. The summed E-state index contributed by atoms with van der Waals surface area (Å²) in [6.45, 7) is 2.02. The molecule has 3 aromatic rings. The predicted octanol–water partition coefficient (Wildman–Crippen LogP) is 1.97. The number of hydrogen-bond acceptors (Lipinski definition) is 5. The Labute approximate surface area is 176 Å². The highest BCUT2D eigenvalue weighted by atomic mass is 16.5. The molecule has 1 amide bonds. The van der Waals surface area contributed by atoms with Gasteiger partial charge in [0.05, 0.1) is 22.9 Å². The van der Waals surface area contributed by atoms with Crippen molar-refractivity contribution in [1.82, 2.24) is 4.57 Å². The van der Waals surface area contributed by atoms with Gasteiger partial charge >= 0.3 is 11.9 Å². The van der Waals surface area contributed by atoms with Gasteiger partial charge < -0.3 is 25.3 Å². The van der Waals surface area contributed by atoms with Crippen LogP contribution in [0.25, 0.3) is 10.9 Å². The summed E-state index contributed by atoms with van der Waals surface area (Å²) in [6, 6.07) is 14.1. The predicted molar refractivity (Wildman–Crippen MR) is 110 cm³/mol. The van der Waals surface area contributed by atoms with Crippen LogP contribution in [0.2, 0.25) is 0 Å². The highest BCUT2D eigenvalue weighted by Gasteiger charge is 2.29. The Morgan fingerprint density at radius 2 is 1.71 bits per heavy atom. The third-order valence-corrected chi connectivity index (χ3v) is 4.85. The summed E-state index contributed by atoms with van der Waals surface area (Å²) >= 11 is 0. The van der Waals surface area contributed by atoms with E-state index in [1.165, 1.54) is 6.07 Å². The number of carboxylic acid groups (broad SMARTS) is 2. The van der Waals surface area contributed by atoms with Crippen LogP contribution in [0.3, 0.4) is 0 Å². The Kier molecular flexibility index (Phi) is 6.05. The van der Waals surface area contributed by atoms with E-state index < -0.39 is 36.2 Å². The Bertz CT molecular complexity index is 1180. The molecule has 160 valence electrons. The van der Waals surface area contributed by atoms with Gasteiger partial charge in [-0.2, -0.15) is 0 Å².